The first-order chi connectivity index (χ1) is 9.58. The van der Waals surface area contributed by atoms with Crippen LogP contribution >= 0.6 is 27.5 Å². The van der Waals surface area contributed by atoms with Crippen molar-refractivity contribution in [3.8, 4) is 0 Å². The predicted octanol–water partition coefficient (Wildman–Crippen LogP) is 5.54. The maximum Gasteiger partial charge on any atom is 0.123 e. The van der Waals surface area contributed by atoms with E-state index < -0.39 is 0 Å². The van der Waals surface area contributed by atoms with E-state index in [1.807, 2.05) is 25.1 Å². The van der Waals surface area contributed by atoms with E-state index in [1.165, 1.54) is 17.2 Å². The molecule has 20 heavy (non-hydrogen) atoms. The lowest BCUT2D eigenvalue weighted by Crippen LogP contribution is -2.11. The molecule has 2 rings (SSSR count). The van der Waals surface area contributed by atoms with Gasteiger partial charge in [-0.25, -0.2) is 4.39 Å². The number of alkyl halides is 1. The normalized spacial score (nSPS) is 12.4. The minimum atomic E-state index is -0.180. The highest BCUT2D eigenvalue weighted by Gasteiger charge is 2.12. The molecule has 0 heterocycles. The number of hydrogen-bond acceptors (Lipinski definition) is 0. The summed E-state index contributed by atoms with van der Waals surface area (Å²) in [4.78, 5) is 0. The third-order valence-corrected chi connectivity index (χ3v) is 4.37. The summed E-state index contributed by atoms with van der Waals surface area (Å²) in [6.45, 7) is 1.95. The Bertz CT molecular complexity index is 583. The molecule has 0 aromatic heterocycles. The van der Waals surface area contributed by atoms with Gasteiger partial charge in [-0.15, -0.1) is 11.6 Å². The molecule has 3 heteroatoms. The van der Waals surface area contributed by atoms with E-state index in [-0.39, 0.29) is 5.82 Å². The second-order valence-corrected chi connectivity index (χ2v) is 6.35. The summed E-state index contributed by atoms with van der Waals surface area (Å²) in [5.41, 5.74) is 3.44. The molecule has 106 valence electrons. The zero-order chi connectivity index (χ0) is 14.5. The maximum atomic E-state index is 13.1. The lowest BCUT2D eigenvalue weighted by Gasteiger charge is -2.16. The molecule has 2 aromatic carbocycles. The summed E-state index contributed by atoms with van der Waals surface area (Å²) in [5.74, 6) is 0.777. The molecule has 0 N–H and O–H groups in total. The lowest BCUT2D eigenvalue weighted by atomic mass is 9.92. The summed E-state index contributed by atoms with van der Waals surface area (Å²) >= 11 is 9.59. The van der Waals surface area contributed by atoms with Crippen molar-refractivity contribution in [2.24, 2.45) is 5.92 Å². The van der Waals surface area contributed by atoms with E-state index in [4.69, 9.17) is 11.6 Å². The van der Waals surface area contributed by atoms with Crippen molar-refractivity contribution in [2.45, 2.75) is 19.8 Å². The van der Waals surface area contributed by atoms with Crippen molar-refractivity contribution in [2.75, 3.05) is 5.88 Å². The van der Waals surface area contributed by atoms with Gasteiger partial charge in [-0.3, -0.25) is 0 Å². The third kappa shape index (κ3) is 4.32. The summed E-state index contributed by atoms with van der Waals surface area (Å²) in [5, 5.41) is 0. The van der Waals surface area contributed by atoms with Crippen LogP contribution in [0.1, 0.15) is 16.7 Å². The molecule has 0 aliphatic heterocycles. The summed E-state index contributed by atoms with van der Waals surface area (Å²) < 4.78 is 14.2. The molecule has 0 aliphatic rings. The van der Waals surface area contributed by atoms with E-state index in [2.05, 4.69) is 28.1 Å². The zero-order valence-electron chi connectivity index (χ0n) is 11.4. The molecule has 0 fully saturated rings. The van der Waals surface area contributed by atoms with Crippen LogP contribution in [0.2, 0.25) is 0 Å². The number of rotatable bonds is 5. The van der Waals surface area contributed by atoms with Gasteiger partial charge in [-0.2, -0.15) is 0 Å². The Morgan fingerprint density at radius 2 is 1.95 bits per heavy atom. The second-order valence-electron chi connectivity index (χ2n) is 5.13. The highest BCUT2D eigenvalue weighted by Crippen LogP contribution is 2.21. The molecule has 0 nitrogen and oxygen atoms in total. The SMILES string of the molecule is Cc1cc(F)ccc1CC(CCl)Cc1cccc(Br)c1. The molecular weight excluding hydrogens is 339 g/mol. The van der Waals surface area contributed by atoms with Crippen molar-refractivity contribution < 1.29 is 4.39 Å². The van der Waals surface area contributed by atoms with E-state index in [0.29, 0.717) is 11.8 Å². The van der Waals surface area contributed by atoms with Gasteiger partial charge in [0.25, 0.3) is 0 Å². The van der Waals surface area contributed by atoms with Crippen molar-refractivity contribution in [3.63, 3.8) is 0 Å². The molecule has 1 atom stereocenters. The average Bonchev–Trinajstić information content (AvgIpc) is 2.41. The van der Waals surface area contributed by atoms with E-state index in [0.717, 1.165) is 22.9 Å². The number of halogens is 3. The number of benzene rings is 2. The van der Waals surface area contributed by atoms with Crippen molar-refractivity contribution >= 4 is 27.5 Å². The topological polar surface area (TPSA) is 0 Å². The maximum absolute atomic E-state index is 13.1. The van der Waals surface area contributed by atoms with Gasteiger partial charge in [0.2, 0.25) is 0 Å². The minimum Gasteiger partial charge on any atom is -0.207 e. The Labute approximate surface area is 133 Å². The van der Waals surface area contributed by atoms with Crippen LogP contribution in [0.5, 0.6) is 0 Å². The van der Waals surface area contributed by atoms with Gasteiger partial charge in [0.05, 0.1) is 0 Å². The van der Waals surface area contributed by atoms with Crippen LogP contribution in [0.15, 0.2) is 46.9 Å². The van der Waals surface area contributed by atoms with Crippen LogP contribution < -0.4 is 0 Å². The molecule has 0 amide bonds. The van der Waals surface area contributed by atoms with Gasteiger partial charge < -0.3 is 0 Å². The zero-order valence-corrected chi connectivity index (χ0v) is 13.7. The molecule has 0 spiro atoms. The molecule has 0 saturated carbocycles. The Morgan fingerprint density at radius 1 is 1.15 bits per heavy atom. The predicted molar refractivity (Wildman–Crippen MR) is 86.9 cm³/mol. The fourth-order valence-corrected chi connectivity index (χ4v) is 3.04. The van der Waals surface area contributed by atoms with E-state index in [9.17, 15) is 4.39 Å². The van der Waals surface area contributed by atoms with Crippen molar-refractivity contribution in [3.05, 3.63) is 69.4 Å². The molecule has 0 saturated heterocycles. The van der Waals surface area contributed by atoms with Gasteiger partial charge in [0.1, 0.15) is 5.82 Å². The quantitative estimate of drug-likeness (QED) is 0.618. The summed E-state index contributed by atoms with van der Waals surface area (Å²) in [7, 11) is 0. The summed E-state index contributed by atoms with van der Waals surface area (Å²) in [6.07, 6.45) is 1.81. The van der Waals surface area contributed by atoms with Crippen LogP contribution in [-0.4, -0.2) is 5.88 Å². The van der Waals surface area contributed by atoms with Gasteiger partial charge >= 0.3 is 0 Å². The minimum absolute atomic E-state index is 0.180. The Morgan fingerprint density at radius 3 is 2.60 bits per heavy atom. The van der Waals surface area contributed by atoms with Crippen LogP contribution in [0.4, 0.5) is 4.39 Å². The van der Waals surface area contributed by atoms with Crippen LogP contribution in [0.3, 0.4) is 0 Å². The molecule has 2 aromatic rings. The van der Waals surface area contributed by atoms with Crippen LogP contribution in [-0.2, 0) is 12.8 Å². The molecular formula is C17H17BrClF. The van der Waals surface area contributed by atoms with Crippen molar-refractivity contribution in [1.29, 1.82) is 0 Å². The largest absolute Gasteiger partial charge is 0.207 e. The smallest absolute Gasteiger partial charge is 0.123 e. The Balaban J connectivity index is 2.09. The molecule has 0 radical (unpaired) electrons. The Hall–Kier alpha value is -0.860. The van der Waals surface area contributed by atoms with E-state index >= 15 is 0 Å². The van der Waals surface area contributed by atoms with Gasteiger partial charge in [-0.1, -0.05) is 34.1 Å². The summed E-state index contributed by atoms with van der Waals surface area (Å²) in [6, 6.07) is 13.3. The highest BCUT2D eigenvalue weighted by atomic mass is 79.9. The fourth-order valence-electron chi connectivity index (χ4n) is 2.38. The van der Waals surface area contributed by atoms with Crippen LogP contribution in [0.25, 0.3) is 0 Å². The van der Waals surface area contributed by atoms with Crippen molar-refractivity contribution in [1.82, 2.24) is 0 Å². The molecule has 1 unspecified atom stereocenters. The van der Waals surface area contributed by atoms with Gasteiger partial charge in [0, 0.05) is 10.4 Å². The molecule has 0 aliphatic carbocycles. The monoisotopic (exact) mass is 354 g/mol. The van der Waals surface area contributed by atoms with Gasteiger partial charge in [-0.05, 0) is 66.6 Å². The highest BCUT2D eigenvalue weighted by molar-refractivity contribution is 9.10. The number of hydrogen-bond donors (Lipinski definition) is 0. The standard InChI is InChI=1S/C17H17BrClF/c1-12-7-17(20)6-5-15(12)9-14(11-19)8-13-3-2-4-16(18)10-13/h2-7,10,14H,8-9,11H2,1H3. The number of aryl methyl sites for hydroxylation is 1. The Kier molecular flexibility index (Phi) is 5.62. The van der Waals surface area contributed by atoms with Gasteiger partial charge in [0.15, 0.2) is 0 Å². The van der Waals surface area contributed by atoms with Crippen LogP contribution in [0, 0.1) is 18.7 Å². The fraction of sp³-hybridized carbons (Fsp3) is 0.294. The first kappa shape index (κ1) is 15.5. The first-order valence-corrected chi connectivity index (χ1v) is 7.96. The third-order valence-electron chi connectivity index (χ3n) is 3.44. The second kappa shape index (κ2) is 7.24. The van der Waals surface area contributed by atoms with E-state index in [1.54, 1.807) is 6.07 Å². The first-order valence-electron chi connectivity index (χ1n) is 6.64. The average molecular weight is 356 g/mol. The molecule has 0 bridgehead atoms. The lowest BCUT2D eigenvalue weighted by molar-refractivity contribution is 0.578.